The molecule has 2 amide bonds. The summed E-state index contributed by atoms with van der Waals surface area (Å²) in [6.45, 7) is 1.38. The number of rotatable bonds is 6. The minimum atomic E-state index is -0.373. The molecule has 0 bridgehead atoms. The Bertz CT molecular complexity index is 823. The molecule has 25 heavy (non-hydrogen) atoms. The Morgan fingerprint density at radius 2 is 2.00 bits per heavy atom. The zero-order valence-corrected chi connectivity index (χ0v) is 13.5. The Kier molecular flexibility index (Phi) is 6.25. The van der Waals surface area contributed by atoms with E-state index >= 15 is 0 Å². The largest absolute Gasteiger partial charge is 0.479 e. The molecule has 126 valence electrons. The fourth-order valence-electron chi connectivity index (χ4n) is 1.94. The molecule has 0 aliphatic heterocycles. The average Bonchev–Trinajstić information content (AvgIpc) is 2.60. The number of amides is 2. The second-order valence-corrected chi connectivity index (χ2v) is 4.98. The van der Waals surface area contributed by atoms with Gasteiger partial charge in [-0.3, -0.25) is 9.59 Å². The number of ether oxygens (including phenoxy) is 1. The third kappa shape index (κ3) is 5.80. The molecule has 0 atom stereocenters. The number of carbonyl (C=O) groups is 2. The number of benzene rings is 2. The summed E-state index contributed by atoms with van der Waals surface area (Å²) in [5.74, 6) is -0.00400. The molecule has 0 radical (unpaired) electrons. The zero-order chi connectivity index (χ0) is 18.1. The van der Waals surface area contributed by atoms with E-state index in [2.05, 4.69) is 15.8 Å². The smallest absolute Gasteiger partial charge is 0.271 e. The van der Waals surface area contributed by atoms with Crippen LogP contribution < -0.4 is 15.5 Å². The highest BCUT2D eigenvalue weighted by molar-refractivity contribution is 5.96. The summed E-state index contributed by atoms with van der Waals surface area (Å²) in [6.07, 6.45) is 1.48. The van der Waals surface area contributed by atoms with E-state index < -0.39 is 0 Å². The fraction of sp³-hybridized carbons (Fsp3) is 0.111. The summed E-state index contributed by atoms with van der Waals surface area (Å²) in [6, 6.07) is 15.3. The topological polar surface area (TPSA) is 104 Å². The zero-order valence-electron chi connectivity index (χ0n) is 13.5. The number of carbonyl (C=O) groups excluding carboxylic acids is 2. The van der Waals surface area contributed by atoms with E-state index in [0.717, 1.165) is 5.56 Å². The molecule has 2 rings (SSSR count). The molecule has 2 N–H and O–H groups in total. The first-order valence-electron chi connectivity index (χ1n) is 7.39. The van der Waals surface area contributed by atoms with Crippen molar-refractivity contribution in [3.63, 3.8) is 0 Å². The number of hydrogen-bond donors (Lipinski definition) is 2. The molecule has 0 unspecified atom stereocenters. The summed E-state index contributed by atoms with van der Waals surface area (Å²) >= 11 is 0. The lowest BCUT2D eigenvalue weighted by Crippen LogP contribution is -2.17. The van der Waals surface area contributed by atoms with E-state index in [1.165, 1.54) is 13.1 Å². The van der Waals surface area contributed by atoms with Crippen molar-refractivity contribution in [2.45, 2.75) is 6.92 Å². The molecule has 0 aliphatic carbocycles. The van der Waals surface area contributed by atoms with Crippen molar-refractivity contribution in [2.75, 3.05) is 11.9 Å². The molecule has 2 aromatic carbocycles. The van der Waals surface area contributed by atoms with E-state index in [1.807, 2.05) is 6.07 Å². The Morgan fingerprint density at radius 1 is 1.24 bits per heavy atom. The van der Waals surface area contributed by atoms with Crippen LogP contribution >= 0.6 is 0 Å². The van der Waals surface area contributed by atoms with Crippen molar-refractivity contribution >= 4 is 23.7 Å². The molecule has 7 nitrogen and oxygen atoms in total. The molecular formula is C18H16N4O3. The van der Waals surface area contributed by atoms with E-state index in [0.29, 0.717) is 17.0 Å². The minimum absolute atomic E-state index is 0.0359. The second kappa shape index (κ2) is 8.84. The van der Waals surface area contributed by atoms with Crippen LogP contribution in [0.2, 0.25) is 0 Å². The summed E-state index contributed by atoms with van der Waals surface area (Å²) in [5, 5.41) is 15.0. The van der Waals surface area contributed by atoms with E-state index in [9.17, 15) is 9.59 Å². The summed E-state index contributed by atoms with van der Waals surface area (Å²) in [4.78, 5) is 23.0. The molecule has 0 fully saturated rings. The van der Waals surface area contributed by atoms with Gasteiger partial charge in [-0.15, -0.1) is 0 Å². The monoisotopic (exact) mass is 336 g/mol. The molecule has 2 aromatic rings. The van der Waals surface area contributed by atoms with Crippen molar-refractivity contribution in [1.29, 1.82) is 5.26 Å². The van der Waals surface area contributed by atoms with E-state index in [1.54, 1.807) is 48.5 Å². The summed E-state index contributed by atoms with van der Waals surface area (Å²) in [7, 11) is 0. The highest BCUT2D eigenvalue weighted by Crippen LogP contribution is 2.12. The molecule has 0 spiro atoms. The Balaban J connectivity index is 1.94. The number of nitriles is 1. The van der Waals surface area contributed by atoms with Gasteiger partial charge in [0.1, 0.15) is 11.8 Å². The van der Waals surface area contributed by atoms with E-state index in [-0.39, 0.29) is 18.4 Å². The number of nitrogens with zero attached hydrogens (tertiary/aromatic N) is 2. The maximum atomic E-state index is 12.0. The lowest BCUT2D eigenvalue weighted by Gasteiger charge is -2.04. The first-order valence-corrected chi connectivity index (χ1v) is 7.39. The van der Waals surface area contributed by atoms with Gasteiger partial charge >= 0.3 is 0 Å². The Labute approximate surface area is 144 Å². The van der Waals surface area contributed by atoms with Crippen molar-refractivity contribution in [2.24, 2.45) is 5.10 Å². The molecule has 0 aliphatic rings. The van der Waals surface area contributed by atoms with Gasteiger partial charge in [0.05, 0.1) is 6.21 Å². The summed E-state index contributed by atoms with van der Waals surface area (Å²) in [5.41, 5.74) is 4.17. The van der Waals surface area contributed by atoms with Crippen LogP contribution in [0.1, 0.15) is 22.8 Å². The maximum Gasteiger partial charge on any atom is 0.271 e. The predicted molar refractivity (Wildman–Crippen MR) is 93.4 cm³/mol. The van der Waals surface area contributed by atoms with Gasteiger partial charge in [-0.25, -0.2) is 5.43 Å². The van der Waals surface area contributed by atoms with Crippen LogP contribution in [0.5, 0.6) is 5.75 Å². The molecule has 7 heteroatoms. The maximum absolute atomic E-state index is 12.0. The van der Waals surface area contributed by atoms with Gasteiger partial charge in [0, 0.05) is 18.2 Å². The van der Waals surface area contributed by atoms with Gasteiger partial charge < -0.3 is 10.1 Å². The van der Waals surface area contributed by atoms with Crippen LogP contribution in [0.25, 0.3) is 0 Å². The molecular weight excluding hydrogens is 320 g/mol. The van der Waals surface area contributed by atoms with Gasteiger partial charge in [0.15, 0.2) is 6.61 Å². The van der Waals surface area contributed by atoms with Crippen LogP contribution in [-0.4, -0.2) is 24.6 Å². The quantitative estimate of drug-likeness (QED) is 0.624. The van der Waals surface area contributed by atoms with Crippen molar-refractivity contribution < 1.29 is 14.3 Å². The lowest BCUT2D eigenvalue weighted by molar-refractivity contribution is -0.114. The Hall–Kier alpha value is -3.66. The first kappa shape index (κ1) is 17.7. The third-order valence-corrected chi connectivity index (χ3v) is 3.01. The highest BCUT2D eigenvalue weighted by atomic mass is 16.5. The van der Waals surface area contributed by atoms with Crippen LogP contribution in [0.15, 0.2) is 53.6 Å². The second-order valence-electron chi connectivity index (χ2n) is 4.98. The normalized spacial score (nSPS) is 10.1. The lowest BCUT2D eigenvalue weighted by atomic mass is 10.2. The minimum Gasteiger partial charge on any atom is -0.479 e. The van der Waals surface area contributed by atoms with Gasteiger partial charge in [0.2, 0.25) is 5.91 Å². The highest BCUT2D eigenvalue weighted by Gasteiger charge is 2.04. The van der Waals surface area contributed by atoms with Crippen LogP contribution in [0, 0.1) is 11.3 Å². The number of hydrogen-bond acceptors (Lipinski definition) is 5. The average molecular weight is 336 g/mol. The van der Waals surface area contributed by atoms with Crippen molar-refractivity contribution in [1.82, 2.24) is 5.43 Å². The van der Waals surface area contributed by atoms with Crippen LogP contribution in [0.3, 0.4) is 0 Å². The van der Waals surface area contributed by atoms with Crippen LogP contribution in [-0.2, 0) is 4.79 Å². The molecule has 0 saturated heterocycles. The van der Waals surface area contributed by atoms with Crippen molar-refractivity contribution in [3.8, 4) is 11.8 Å². The van der Waals surface area contributed by atoms with E-state index in [4.69, 9.17) is 10.00 Å². The van der Waals surface area contributed by atoms with Crippen molar-refractivity contribution in [3.05, 3.63) is 59.7 Å². The number of hydrazone groups is 1. The van der Waals surface area contributed by atoms with Gasteiger partial charge in [-0.1, -0.05) is 12.1 Å². The third-order valence-electron chi connectivity index (χ3n) is 3.01. The first-order chi connectivity index (χ1) is 12.1. The SMILES string of the molecule is CC(=O)Nc1ccc(C(=O)NN=Cc2cccc(OCC#N)c2)cc1. The molecule has 0 saturated carbocycles. The Morgan fingerprint density at radius 3 is 2.68 bits per heavy atom. The summed E-state index contributed by atoms with van der Waals surface area (Å²) < 4.78 is 5.19. The predicted octanol–water partition coefficient (Wildman–Crippen LogP) is 2.31. The number of anilines is 1. The van der Waals surface area contributed by atoms with Crippen LogP contribution in [0.4, 0.5) is 5.69 Å². The molecule has 0 heterocycles. The van der Waals surface area contributed by atoms with Gasteiger partial charge in [-0.2, -0.15) is 10.4 Å². The molecule has 0 aromatic heterocycles. The fourth-order valence-corrected chi connectivity index (χ4v) is 1.94. The standard InChI is InChI=1S/C18H16N4O3/c1-13(23)21-16-7-5-15(6-8-16)18(24)22-20-12-14-3-2-4-17(11-14)25-10-9-19/h2-8,11-12H,10H2,1H3,(H,21,23)(H,22,24). The van der Waals surface area contributed by atoms with Gasteiger partial charge in [-0.05, 0) is 42.0 Å². The van der Waals surface area contributed by atoms with Gasteiger partial charge in [0.25, 0.3) is 5.91 Å². The number of nitrogens with one attached hydrogen (secondary N) is 2.